The first-order valence-corrected chi connectivity index (χ1v) is 7.37. The molecule has 1 N–H and O–H groups in total. The zero-order valence-electron chi connectivity index (χ0n) is 12.1. The highest BCUT2D eigenvalue weighted by Gasteiger charge is 2.27. The number of anilines is 1. The SMILES string of the molecule is Cc1nnc(N2CCCCC2CC(=O)O)c2ccccc12. The van der Waals surface area contributed by atoms with Gasteiger partial charge in [0.25, 0.3) is 0 Å². The van der Waals surface area contributed by atoms with Gasteiger partial charge in [-0.05, 0) is 26.2 Å². The predicted octanol–water partition coefficient (Wildman–Crippen LogP) is 2.77. The van der Waals surface area contributed by atoms with Crippen LogP contribution in [0.1, 0.15) is 31.4 Å². The minimum Gasteiger partial charge on any atom is -0.481 e. The highest BCUT2D eigenvalue weighted by molar-refractivity contribution is 5.93. The molecular formula is C16H19N3O2. The predicted molar refractivity (Wildman–Crippen MR) is 81.5 cm³/mol. The van der Waals surface area contributed by atoms with Crippen molar-refractivity contribution in [2.75, 3.05) is 11.4 Å². The van der Waals surface area contributed by atoms with E-state index in [0.29, 0.717) is 0 Å². The number of aliphatic carboxylic acids is 1. The normalized spacial score (nSPS) is 18.9. The third kappa shape index (κ3) is 2.68. The second-order valence-corrected chi connectivity index (χ2v) is 5.60. The molecule has 5 nitrogen and oxygen atoms in total. The van der Waals surface area contributed by atoms with Gasteiger partial charge >= 0.3 is 5.97 Å². The Bertz CT molecular complexity index is 672. The summed E-state index contributed by atoms with van der Waals surface area (Å²) in [6.07, 6.45) is 3.20. The van der Waals surface area contributed by atoms with Gasteiger partial charge < -0.3 is 10.0 Å². The van der Waals surface area contributed by atoms with Gasteiger partial charge in [0.2, 0.25) is 0 Å². The minimum atomic E-state index is -0.753. The summed E-state index contributed by atoms with van der Waals surface area (Å²) < 4.78 is 0. The van der Waals surface area contributed by atoms with Crippen LogP contribution in [-0.2, 0) is 4.79 Å². The van der Waals surface area contributed by atoms with E-state index in [1.54, 1.807) is 0 Å². The van der Waals surface area contributed by atoms with Crippen molar-refractivity contribution in [1.82, 2.24) is 10.2 Å². The van der Waals surface area contributed by atoms with Gasteiger partial charge in [0, 0.05) is 23.4 Å². The van der Waals surface area contributed by atoms with Crippen molar-refractivity contribution in [3.05, 3.63) is 30.0 Å². The molecule has 1 aromatic heterocycles. The summed E-state index contributed by atoms with van der Waals surface area (Å²) in [6.45, 7) is 2.80. The summed E-state index contributed by atoms with van der Waals surface area (Å²) in [6, 6.07) is 8.07. The highest BCUT2D eigenvalue weighted by atomic mass is 16.4. The first kappa shape index (κ1) is 13.8. The van der Waals surface area contributed by atoms with Crippen LogP contribution in [-0.4, -0.2) is 33.9 Å². The molecule has 1 aromatic carbocycles. The lowest BCUT2D eigenvalue weighted by atomic mass is 9.98. The number of benzene rings is 1. The molecule has 0 radical (unpaired) electrons. The van der Waals surface area contributed by atoms with Gasteiger partial charge in [0.05, 0.1) is 12.1 Å². The number of aromatic nitrogens is 2. The third-order valence-corrected chi connectivity index (χ3v) is 4.16. The molecule has 2 heterocycles. The Kier molecular flexibility index (Phi) is 3.73. The van der Waals surface area contributed by atoms with Gasteiger partial charge in [0.1, 0.15) is 0 Å². The molecule has 1 fully saturated rings. The second-order valence-electron chi connectivity index (χ2n) is 5.60. The Morgan fingerprint density at radius 3 is 2.81 bits per heavy atom. The number of hydrogen-bond donors (Lipinski definition) is 1. The van der Waals surface area contributed by atoms with Crippen molar-refractivity contribution >= 4 is 22.6 Å². The summed E-state index contributed by atoms with van der Waals surface area (Å²) in [4.78, 5) is 13.2. The first-order chi connectivity index (χ1) is 10.2. The molecule has 1 atom stereocenters. The van der Waals surface area contributed by atoms with Crippen LogP contribution in [0.2, 0.25) is 0 Å². The molecule has 110 valence electrons. The number of aryl methyl sites for hydroxylation is 1. The van der Waals surface area contributed by atoms with Crippen molar-refractivity contribution in [2.24, 2.45) is 0 Å². The van der Waals surface area contributed by atoms with E-state index in [1.807, 2.05) is 31.2 Å². The lowest BCUT2D eigenvalue weighted by molar-refractivity contribution is -0.137. The fourth-order valence-corrected chi connectivity index (χ4v) is 3.13. The molecule has 2 aromatic rings. The monoisotopic (exact) mass is 285 g/mol. The maximum absolute atomic E-state index is 11.1. The van der Waals surface area contributed by atoms with E-state index in [2.05, 4.69) is 15.1 Å². The Hall–Kier alpha value is -2.17. The average molecular weight is 285 g/mol. The Morgan fingerprint density at radius 1 is 1.29 bits per heavy atom. The topological polar surface area (TPSA) is 66.3 Å². The van der Waals surface area contributed by atoms with Crippen LogP contribution in [0.15, 0.2) is 24.3 Å². The zero-order chi connectivity index (χ0) is 14.8. The first-order valence-electron chi connectivity index (χ1n) is 7.37. The fraction of sp³-hybridized carbons (Fsp3) is 0.438. The van der Waals surface area contributed by atoms with Gasteiger partial charge in [-0.2, -0.15) is 5.10 Å². The van der Waals surface area contributed by atoms with Gasteiger partial charge in [-0.3, -0.25) is 4.79 Å². The number of fused-ring (bicyclic) bond motifs is 1. The van der Waals surface area contributed by atoms with Crippen molar-refractivity contribution in [3.8, 4) is 0 Å². The van der Waals surface area contributed by atoms with Crippen LogP contribution < -0.4 is 4.90 Å². The van der Waals surface area contributed by atoms with Gasteiger partial charge in [-0.15, -0.1) is 5.10 Å². The van der Waals surface area contributed by atoms with Crippen LogP contribution >= 0.6 is 0 Å². The van der Waals surface area contributed by atoms with E-state index in [0.717, 1.165) is 48.1 Å². The van der Waals surface area contributed by atoms with Crippen molar-refractivity contribution in [2.45, 2.75) is 38.6 Å². The molecule has 1 aliphatic rings. The fourth-order valence-electron chi connectivity index (χ4n) is 3.13. The largest absolute Gasteiger partial charge is 0.481 e. The quantitative estimate of drug-likeness (QED) is 0.939. The lowest BCUT2D eigenvalue weighted by Crippen LogP contribution is -2.41. The van der Waals surface area contributed by atoms with Crippen LogP contribution in [0.5, 0.6) is 0 Å². The summed E-state index contributed by atoms with van der Waals surface area (Å²) >= 11 is 0. The number of rotatable bonds is 3. The minimum absolute atomic E-state index is 0.0108. The maximum atomic E-state index is 11.1. The second kappa shape index (κ2) is 5.68. The molecule has 5 heteroatoms. The molecule has 3 rings (SSSR count). The Balaban J connectivity index is 2.05. The van der Waals surface area contributed by atoms with Crippen molar-refractivity contribution in [1.29, 1.82) is 0 Å². The summed E-state index contributed by atoms with van der Waals surface area (Å²) in [7, 11) is 0. The molecule has 0 spiro atoms. The van der Waals surface area contributed by atoms with E-state index in [9.17, 15) is 4.79 Å². The molecule has 1 unspecified atom stereocenters. The number of hydrogen-bond acceptors (Lipinski definition) is 4. The van der Waals surface area contributed by atoms with E-state index < -0.39 is 5.97 Å². The molecule has 0 saturated carbocycles. The van der Waals surface area contributed by atoms with Crippen molar-refractivity contribution < 1.29 is 9.90 Å². The van der Waals surface area contributed by atoms with E-state index in [1.165, 1.54) is 0 Å². The van der Waals surface area contributed by atoms with E-state index in [4.69, 9.17) is 5.11 Å². The highest BCUT2D eigenvalue weighted by Crippen LogP contribution is 2.31. The van der Waals surface area contributed by atoms with Gasteiger partial charge in [-0.1, -0.05) is 24.3 Å². The maximum Gasteiger partial charge on any atom is 0.305 e. The number of carboxylic acids is 1. The smallest absolute Gasteiger partial charge is 0.305 e. The van der Waals surface area contributed by atoms with Crippen LogP contribution in [0.4, 0.5) is 5.82 Å². The van der Waals surface area contributed by atoms with Crippen LogP contribution in [0, 0.1) is 6.92 Å². The molecular weight excluding hydrogens is 266 g/mol. The molecule has 0 bridgehead atoms. The lowest BCUT2D eigenvalue weighted by Gasteiger charge is -2.36. The number of piperidine rings is 1. The van der Waals surface area contributed by atoms with E-state index >= 15 is 0 Å². The molecule has 21 heavy (non-hydrogen) atoms. The summed E-state index contributed by atoms with van der Waals surface area (Å²) in [5.74, 6) is 0.0680. The molecule has 1 aliphatic heterocycles. The third-order valence-electron chi connectivity index (χ3n) is 4.16. The molecule has 0 amide bonds. The standard InChI is InChI=1S/C16H19N3O2/c1-11-13-7-2-3-8-14(13)16(18-17-11)19-9-5-4-6-12(19)10-15(20)21/h2-3,7-8,12H,4-6,9-10H2,1H3,(H,20,21). The Labute approximate surface area is 123 Å². The molecule has 0 aliphatic carbocycles. The summed E-state index contributed by atoms with van der Waals surface area (Å²) in [5.41, 5.74) is 0.904. The van der Waals surface area contributed by atoms with Crippen molar-refractivity contribution in [3.63, 3.8) is 0 Å². The number of carboxylic acid groups (broad SMARTS) is 1. The number of nitrogens with zero attached hydrogens (tertiary/aromatic N) is 3. The van der Waals surface area contributed by atoms with E-state index in [-0.39, 0.29) is 12.5 Å². The average Bonchev–Trinajstić information content (AvgIpc) is 2.48. The number of carbonyl (C=O) groups is 1. The van der Waals surface area contributed by atoms with Gasteiger partial charge in [0.15, 0.2) is 5.82 Å². The Morgan fingerprint density at radius 2 is 2.05 bits per heavy atom. The zero-order valence-corrected chi connectivity index (χ0v) is 12.1. The van der Waals surface area contributed by atoms with Crippen LogP contribution in [0.25, 0.3) is 10.8 Å². The van der Waals surface area contributed by atoms with Gasteiger partial charge in [-0.25, -0.2) is 0 Å². The van der Waals surface area contributed by atoms with Crippen LogP contribution in [0.3, 0.4) is 0 Å². The molecule has 1 saturated heterocycles. The summed E-state index contributed by atoms with van der Waals surface area (Å²) in [5, 5.41) is 19.9.